The molecule has 1 saturated carbocycles. The molecule has 2 aromatic rings. The molecule has 2 aliphatic rings. The highest BCUT2D eigenvalue weighted by Crippen LogP contribution is 2.38. The third-order valence-electron chi connectivity index (χ3n) is 4.90. The lowest BCUT2D eigenvalue weighted by atomic mass is 9.72. The first-order valence-corrected chi connectivity index (χ1v) is 8.81. The van der Waals surface area contributed by atoms with E-state index in [2.05, 4.69) is 22.1 Å². The quantitative estimate of drug-likeness (QED) is 0.801. The third kappa shape index (κ3) is 3.79. The van der Waals surface area contributed by atoms with Gasteiger partial charge in [0.15, 0.2) is 6.10 Å². The van der Waals surface area contributed by atoms with Gasteiger partial charge in [0.2, 0.25) is 0 Å². The van der Waals surface area contributed by atoms with Crippen LogP contribution in [-0.2, 0) is 4.74 Å². The third-order valence-corrected chi connectivity index (χ3v) is 4.90. The lowest BCUT2D eigenvalue weighted by Crippen LogP contribution is -2.39. The van der Waals surface area contributed by atoms with Gasteiger partial charge in [-0.15, -0.1) is 0 Å². The Balaban J connectivity index is 1.57. The van der Waals surface area contributed by atoms with Gasteiger partial charge in [-0.3, -0.25) is 4.98 Å². The topological polar surface area (TPSA) is 71.5 Å². The van der Waals surface area contributed by atoms with Crippen molar-refractivity contribution in [2.24, 2.45) is 5.92 Å². The highest BCUT2D eigenvalue weighted by Gasteiger charge is 2.38. The number of ether oxygens (including phenoxy) is 1. The number of carbonyl (C=O) groups is 1. The number of cyclic esters (lactones) is 1. The minimum atomic E-state index is -0.639. The fourth-order valence-corrected chi connectivity index (χ4v) is 3.61. The van der Waals surface area contributed by atoms with E-state index < -0.39 is 23.8 Å². The van der Waals surface area contributed by atoms with Crippen LogP contribution < -0.4 is 5.32 Å². The molecule has 5 nitrogen and oxygen atoms in total. The number of aliphatic hydroxyl groups is 1. The predicted octanol–water partition coefficient (Wildman–Crippen LogP) is 3.26. The van der Waals surface area contributed by atoms with Crippen LogP contribution in [0.25, 0.3) is 0 Å². The predicted molar refractivity (Wildman–Crippen MR) is 96.0 cm³/mol. The summed E-state index contributed by atoms with van der Waals surface area (Å²) in [6.07, 6.45) is 3.44. The fraction of sp³-hybridized carbons (Fsp3) is 0.333. The normalized spacial score (nSPS) is 29.1. The maximum atomic E-state index is 13.6. The zero-order chi connectivity index (χ0) is 19.0. The number of halogens is 1. The Morgan fingerprint density at radius 2 is 2.11 bits per heavy atom. The second kappa shape index (κ2) is 6.67. The average molecular weight is 366 g/mol. The van der Waals surface area contributed by atoms with E-state index in [9.17, 15) is 14.3 Å². The van der Waals surface area contributed by atoms with Crippen LogP contribution in [0, 0.1) is 23.6 Å². The van der Waals surface area contributed by atoms with E-state index in [4.69, 9.17) is 4.74 Å². The lowest BCUT2D eigenvalue weighted by molar-refractivity contribution is -0.0386. The van der Waals surface area contributed by atoms with E-state index >= 15 is 0 Å². The number of carbonyl (C=O) groups excluding carboxylic acids is 1. The van der Waals surface area contributed by atoms with Crippen molar-refractivity contribution in [3.05, 3.63) is 65.2 Å². The summed E-state index contributed by atoms with van der Waals surface area (Å²) in [7, 11) is 0. The molecular formula is C21H19FN2O3. The van der Waals surface area contributed by atoms with Gasteiger partial charge in [0.25, 0.3) is 0 Å². The fourth-order valence-electron chi connectivity index (χ4n) is 3.61. The highest BCUT2D eigenvalue weighted by molar-refractivity contribution is 5.71. The van der Waals surface area contributed by atoms with Crippen molar-refractivity contribution in [2.75, 3.05) is 0 Å². The summed E-state index contributed by atoms with van der Waals surface area (Å²) < 4.78 is 18.9. The van der Waals surface area contributed by atoms with Gasteiger partial charge in [0, 0.05) is 23.9 Å². The summed E-state index contributed by atoms with van der Waals surface area (Å²) in [4.78, 5) is 16.0. The number of alkyl carbamates (subject to hydrolysis) is 1. The molecule has 0 unspecified atom stereocenters. The largest absolute Gasteiger partial charge is 0.439 e. The van der Waals surface area contributed by atoms with E-state index in [-0.39, 0.29) is 11.7 Å². The number of nitrogens with zero attached hydrogens (tertiary/aromatic N) is 1. The standard InChI is InChI=1S/C21H19FN2O3/c1-21(26)9-14(10-21)6-5-13-7-16(12-23-11-13)18-19(27-20(25)24-18)15-3-2-4-17(22)8-15/h2-4,7-8,11-12,14,18-19,26H,9-10H2,1H3,(H,24,25)/t14-,18-,19-,21+/m1/s1. The van der Waals surface area contributed by atoms with E-state index in [1.807, 2.05) is 13.0 Å². The van der Waals surface area contributed by atoms with Gasteiger partial charge >= 0.3 is 6.09 Å². The smallest absolute Gasteiger partial charge is 0.408 e. The Bertz CT molecular complexity index is 940. The first kappa shape index (κ1) is 17.5. The zero-order valence-electron chi connectivity index (χ0n) is 14.8. The number of hydrogen-bond acceptors (Lipinski definition) is 4. The molecular weight excluding hydrogens is 347 g/mol. The van der Waals surface area contributed by atoms with E-state index in [1.54, 1.807) is 24.5 Å². The molecule has 1 saturated heterocycles. The molecule has 4 rings (SSSR count). The van der Waals surface area contributed by atoms with Crippen LogP contribution in [0.2, 0.25) is 0 Å². The molecule has 0 radical (unpaired) electrons. The van der Waals surface area contributed by atoms with Crippen molar-refractivity contribution >= 4 is 6.09 Å². The summed E-state index contributed by atoms with van der Waals surface area (Å²) in [5, 5.41) is 12.5. The number of amides is 1. The van der Waals surface area contributed by atoms with Crippen LogP contribution in [0.1, 0.15) is 48.6 Å². The van der Waals surface area contributed by atoms with Gasteiger partial charge in [-0.25, -0.2) is 9.18 Å². The van der Waals surface area contributed by atoms with Crippen LogP contribution in [-0.4, -0.2) is 21.8 Å². The molecule has 1 aromatic carbocycles. The van der Waals surface area contributed by atoms with E-state index in [0.29, 0.717) is 18.4 Å². The van der Waals surface area contributed by atoms with Crippen LogP contribution in [0.5, 0.6) is 0 Å². The van der Waals surface area contributed by atoms with E-state index in [1.165, 1.54) is 12.1 Å². The second-order valence-electron chi connectivity index (χ2n) is 7.38. The number of nitrogens with one attached hydrogen (secondary N) is 1. The van der Waals surface area contributed by atoms with Gasteiger partial charge in [-0.1, -0.05) is 24.0 Å². The molecule has 2 atom stereocenters. The van der Waals surface area contributed by atoms with Crippen LogP contribution in [0.15, 0.2) is 42.7 Å². The molecule has 0 bridgehead atoms. The van der Waals surface area contributed by atoms with Crippen molar-refractivity contribution in [3.63, 3.8) is 0 Å². The molecule has 1 aliphatic carbocycles. The van der Waals surface area contributed by atoms with Crippen LogP contribution >= 0.6 is 0 Å². The van der Waals surface area contributed by atoms with Crippen LogP contribution in [0.3, 0.4) is 0 Å². The zero-order valence-corrected chi connectivity index (χ0v) is 14.8. The van der Waals surface area contributed by atoms with Crippen molar-refractivity contribution < 1.29 is 19.0 Å². The van der Waals surface area contributed by atoms with Crippen LogP contribution in [0.4, 0.5) is 9.18 Å². The summed E-state index contributed by atoms with van der Waals surface area (Å²) in [5.41, 5.74) is 1.43. The van der Waals surface area contributed by atoms with Gasteiger partial charge in [-0.05, 0) is 49.1 Å². The van der Waals surface area contributed by atoms with Gasteiger partial charge in [0.05, 0.1) is 5.60 Å². The minimum absolute atomic E-state index is 0.179. The number of pyridine rings is 1. The summed E-state index contributed by atoms with van der Waals surface area (Å²) in [5.74, 6) is 6.03. The molecule has 1 aromatic heterocycles. The minimum Gasteiger partial charge on any atom is -0.439 e. The van der Waals surface area contributed by atoms with Gasteiger partial charge in [0.1, 0.15) is 11.9 Å². The number of benzene rings is 1. The molecule has 27 heavy (non-hydrogen) atoms. The maximum absolute atomic E-state index is 13.6. The number of hydrogen-bond donors (Lipinski definition) is 2. The first-order chi connectivity index (χ1) is 12.9. The molecule has 1 aliphatic heterocycles. The summed E-state index contributed by atoms with van der Waals surface area (Å²) in [6, 6.07) is 7.39. The highest BCUT2D eigenvalue weighted by atomic mass is 19.1. The number of rotatable bonds is 2. The first-order valence-electron chi connectivity index (χ1n) is 8.81. The molecule has 2 N–H and O–H groups in total. The van der Waals surface area contributed by atoms with Crippen molar-refractivity contribution in [2.45, 2.75) is 37.5 Å². The Morgan fingerprint density at radius 3 is 2.85 bits per heavy atom. The summed E-state index contributed by atoms with van der Waals surface area (Å²) in [6.45, 7) is 1.81. The number of aromatic nitrogens is 1. The lowest BCUT2D eigenvalue weighted by Gasteiger charge is -2.37. The van der Waals surface area contributed by atoms with Gasteiger partial charge < -0.3 is 15.2 Å². The Kier molecular flexibility index (Phi) is 4.33. The van der Waals surface area contributed by atoms with Gasteiger partial charge in [-0.2, -0.15) is 0 Å². The average Bonchev–Trinajstić information content (AvgIpc) is 3.00. The Morgan fingerprint density at radius 1 is 1.30 bits per heavy atom. The van der Waals surface area contributed by atoms with E-state index in [0.717, 1.165) is 11.1 Å². The monoisotopic (exact) mass is 366 g/mol. The van der Waals surface area contributed by atoms with Crippen molar-refractivity contribution in [3.8, 4) is 11.8 Å². The molecule has 2 heterocycles. The second-order valence-corrected chi connectivity index (χ2v) is 7.38. The molecule has 138 valence electrons. The molecule has 2 fully saturated rings. The Labute approximate surface area is 156 Å². The molecule has 1 amide bonds. The summed E-state index contributed by atoms with van der Waals surface area (Å²) >= 11 is 0. The molecule has 0 spiro atoms. The Hall–Kier alpha value is -2.91. The molecule has 6 heteroatoms. The SMILES string of the molecule is C[C@]1(O)C[C@@H](C#Cc2cncc([C@H]3NC(=O)O[C@@H]3c3cccc(F)c3)c2)C1. The maximum Gasteiger partial charge on any atom is 0.408 e. The van der Waals surface area contributed by atoms with Crippen molar-refractivity contribution in [1.29, 1.82) is 0 Å². The van der Waals surface area contributed by atoms with Crippen molar-refractivity contribution in [1.82, 2.24) is 10.3 Å².